The first-order valence-corrected chi connectivity index (χ1v) is 10.2. The van der Waals surface area contributed by atoms with Gasteiger partial charge in [-0.3, -0.25) is 9.36 Å². The van der Waals surface area contributed by atoms with Gasteiger partial charge in [0, 0.05) is 10.6 Å². The van der Waals surface area contributed by atoms with E-state index in [4.69, 9.17) is 9.47 Å². The molecule has 0 saturated heterocycles. The minimum atomic E-state index is -0.170. The van der Waals surface area contributed by atoms with Crippen molar-refractivity contribution in [3.8, 4) is 28.3 Å². The standard InChI is InChI=1S/C23H21N3O3S/c1-28-20-6-3-7-21(29-2)22(20)16-8-10-17(11-9-16)26-15-24-14-19(26)23(27)25-13-18-5-4-12-30-18/h3-12,14-15H,13H2,1-2H3,(H,25,27). The molecule has 0 aliphatic rings. The summed E-state index contributed by atoms with van der Waals surface area (Å²) in [6, 6.07) is 17.5. The highest BCUT2D eigenvalue weighted by atomic mass is 32.1. The molecular weight excluding hydrogens is 398 g/mol. The van der Waals surface area contributed by atoms with Crippen molar-refractivity contribution in [1.29, 1.82) is 0 Å². The van der Waals surface area contributed by atoms with Crippen molar-refractivity contribution in [2.45, 2.75) is 6.54 Å². The second-order valence-corrected chi connectivity index (χ2v) is 7.53. The molecule has 2 heterocycles. The fourth-order valence-corrected chi connectivity index (χ4v) is 3.91. The summed E-state index contributed by atoms with van der Waals surface area (Å²) < 4.78 is 12.8. The Morgan fingerprint density at radius 2 is 1.77 bits per heavy atom. The Labute approximate surface area is 178 Å². The van der Waals surface area contributed by atoms with Crippen LogP contribution in [0.15, 0.2) is 72.5 Å². The summed E-state index contributed by atoms with van der Waals surface area (Å²) in [4.78, 5) is 17.9. The van der Waals surface area contributed by atoms with Crippen LogP contribution in [0.1, 0.15) is 15.4 Å². The van der Waals surface area contributed by atoms with Crippen molar-refractivity contribution in [3.05, 3.63) is 83.1 Å². The summed E-state index contributed by atoms with van der Waals surface area (Å²) in [6.45, 7) is 0.494. The van der Waals surface area contributed by atoms with Gasteiger partial charge in [-0.1, -0.05) is 24.3 Å². The second kappa shape index (κ2) is 8.84. The van der Waals surface area contributed by atoms with Gasteiger partial charge in [0.05, 0.1) is 38.9 Å². The average Bonchev–Trinajstić information content (AvgIpc) is 3.49. The molecule has 0 radical (unpaired) electrons. The van der Waals surface area contributed by atoms with Gasteiger partial charge in [-0.15, -0.1) is 11.3 Å². The Hall–Kier alpha value is -3.58. The van der Waals surface area contributed by atoms with E-state index >= 15 is 0 Å². The number of imidazole rings is 1. The molecule has 0 saturated carbocycles. The lowest BCUT2D eigenvalue weighted by Crippen LogP contribution is -2.24. The minimum Gasteiger partial charge on any atom is -0.496 e. The van der Waals surface area contributed by atoms with Gasteiger partial charge in [-0.05, 0) is 41.3 Å². The average molecular weight is 420 g/mol. The lowest BCUT2D eigenvalue weighted by Gasteiger charge is -2.14. The quantitative estimate of drug-likeness (QED) is 0.477. The third-order valence-electron chi connectivity index (χ3n) is 4.74. The molecule has 6 nitrogen and oxygen atoms in total. The predicted molar refractivity (Wildman–Crippen MR) is 118 cm³/mol. The van der Waals surface area contributed by atoms with Crippen LogP contribution in [-0.2, 0) is 6.54 Å². The van der Waals surface area contributed by atoms with Gasteiger partial charge in [0.2, 0.25) is 0 Å². The molecule has 4 aromatic rings. The SMILES string of the molecule is COc1cccc(OC)c1-c1ccc(-n2cncc2C(=O)NCc2cccs2)cc1. The Balaban J connectivity index is 1.59. The van der Waals surface area contributed by atoms with Gasteiger partial charge < -0.3 is 14.8 Å². The number of hydrogen-bond acceptors (Lipinski definition) is 5. The Bertz CT molecular complexity index is 1110. The third kappa shape index (κ3) is 3.92. The number of hydrogen-bond donors (Lipinski definition) is 1. The predicted octanol–water partition coefficient (Wildman–Crippen LogP) is 4.55. The summed E-state index contributed by atoms with van der Waals surface area (Å²) in [5.41, 5.74) is 3.16. The Morgan fingerprint density at radius 1 is 1.03 bits per heavy atom. The van der Waals surface area contributed by atoms with Crippen molar-refractivity contribution in [2.75, 3.05) is 14.2 Å². The largest absolute Gasteiger partial charge is 0.496 e. The number of amides is 1. The van der Waals surface area contributed by atoms with Gasteiger partial charge in [0.1, 0.15) is 17.2 Å². The first-order chi connectivity index (χ1) is 14.7. The van der Waals surface area contributed by atoms with Crippen LogP contribution < -0.4 is 14.8 Å². The number of aromatic nitrogens is 2. The maximum absolute atomic E-state index is 12.7. The summed E-state index contributed by atoms with van der Waals surface area (Å²) in [5, 5.41) is 4.93. The first-order valence-electron chi connectivity index (χ1n) is 9.36. The van der Waals surface area contributed by atoms with Crippen molar-refractivity contribution in [3.63, 3.8) is 0 Å². The van der Waals surface area contributed by atoms with Gasteiger partial charge in [0.25, 0.3) is 5.91 Å². The number of methoxy groups -OCH3 is 2. The molecule has 0 fully saturated rings. The Kier molecular flexibility index (Phi) is 5.81. The topological polar surface area (TPSA) is 65.4 Å². The lowest BCUT2D eigenvalue weighted by molar-refractivity contribution is 0.0944. The summed E-state index contributed by atoms with van der Waals surface area (Å²) >= 11 is 1.61. The molecule has 0 aliphatic carbocycles. The highest BCUT2D eigenvalue weighted by Crippen LogP contribution is 2.38. The van der Waals surface area contributed by atoms with Crippen molar-refractivity contribution in [2.24, 2.45) is 0 Å². The smallest absolute Gasteiger partial charge is 0.270 e. The van der Waals surface area contributed by atoms with Crippen LogP contribution in [0, 0.1) is 0 Å². The van der Waals surface area contributed by atoms with Crippen LogP contribution in [0.2, 0.25) is 0 Å². The molecule has 1 N–H and O–H groups in total. The molecule has 0 atom stereocenters. The Morgan fingerprint density at radius 3 is 2.40 bits per heavy atom. The zero-order valence-corrected chi connectivity index (χ0v) is 17.5. The molecule has 1 amide bonds. The van der Waals surface area contributed by atoms with E-state index in [0.717, 1.165) is 33.2 Å². The number of carbonyl (C=O) groups excluding carboxylic acids is 1. The minimum absolute atomic E-state index is 0.170. The highest BCUT2D eigenvalue weighted by molar-refractivity contribution is 7.09. The lowest BCUT2D eigenvalue weighted by atomic mass is 10.0. The van der Waals surface area contributed by atoms with Crippen molar-refractivity contribution >= 4 is 17.2 Å². The van der Waals surface area contributed by atoms with Gasteiger partial charge >= 0.3 is 0 Å². The van der Waals surface area contributed by atoms with E-state index in [1.807, 2.05) is 60.0 Å². The second-order valence-electron chi connectivity index (χ2n) is 6.50. The van der Waals surface area contributed by atoms with E-state index < -0.39 is 0 Å². The first kappa shape index (κ1) is 19.7. The van der Waals surface area contributed by atoms with E-state index in [2.05, 4.69) is 10.3 Å². The monoisotopic (exact) mass is 419 g/mol. The van der Waals surface area contributed by atoms with Crippen LogP contribution >= 0.6 is 11.3 Å². The number of thiophene rings is 1. The molecule has 4 rings (SSSR count). The molecule has 2 aromatic carbocycles. The zero-order chi connectivity index (χ0) is 20.9. The third-order valence-corrected chi connectivity index (χ3v) is 5.61. The number of benzene rings is 2. The summed E-state index contributed by atoms with van der Waals surface area (Å²) in [7, 11) is 3.28. The molecule has 0 unspecified atom stereocenters. The fourth-order valence-electron chi connectivity index (χ4n) is 3.26. The van der Waals surface area contributed by atoms with E-state index in [1.165, 1.54) is 0 Å². The summed E-state index contributed by atoms with van der Waals surface area (Å²) in [6.07, 6.45) is 3.21. The number of ether oxygens (including phenoxy) is 2. The van der Waals surface area contributed by atoms with Gasteiger partial charge in [-0.2, -0.15) is 0 Å². The van der Waals surface area contributed by atoms with Crippen LogP contribution in [0.4, 0.5) is 0 Å². The van der Waals surface area contributed by atoms with Crippen LogP contribution in [0.25, 0.3) is 16.8 Å². The normalized spacial score (nSPS) is 10.6. The van der Waals surface area contributed by atoms with E-state index in [1.54, 1.807) is 42.6 Å². The van der Waals surface area contributed by atoms with E-state index in [-0.39, 0.29) is 5.91 Å². The number of nitrogens with one attached hydrogen (secondary N) is 1. The molecule has 0 aliphatic heterocycles. The van der Waals surface area contributed by atoms with Crippen LogP contribution in [0.3, 0.4) is 0 Å². The maximum Gasteiger partial charge on any atom is 0.270 e. The molecule has 0 bridgehead atoms. The van der Waals surface area contributed by atoms with Gasteiger partial charge in [0.15, 0.2) is 0 Å². The molecule has 152 valence electrons. The molecule has 0 spiro atoms. The molecule has 7 heteroatoms. The zero-order valence-electron chi connectivity index (χ0n) is 16.7. The maximum atomic E-state index is 12.7. The van der Waals surface area contributed by atoms with Crippen molar-refractivity contribution < 1.29 is 14.3 Å². The highest BCUT2D eigenvalue weighted by Gasteiger charge is 2.15. The number of carbonyl (C=O) groups is 1. The van der Waals surface area contributed by atoms with Crippen molar-refractivity contribution in [1.82, 2.24) is 14.9 Å². The number of rotatable bonds is 7. The van der Waals surface area contributed by atoms with Crippen LogP contribution in [-0.4, -0.2) is 29.7 Å². The molecule has 30 heavy (non-hydrogen) atoms. The fraction of sp³-hybridized carbons (Fsp3) is 0.130. The van der Waals surface area contributed by atoms with E-state index in [9.17, 15) is 4.79 Å². The molecular formula is C23H21N3O3S. The number of nitrogens with zero attached hydrogens (tertiary/aromatic N) is 2. The van der Waals surface area contributed by atoms with Gasteiger partial charge in [-0.25, -0.2) is 4.98 Å². The van der Waals surface area contributed by atoms with E-state index in [0.29, 0.717) is 12.2 Å². The summed E-state index contributed by atoms with van der Waals surface area (Å²) in [5.74, 6) is 1.30. The van der Waals surface area contributed by atoms with Crippen LogP contribution in [0.5, 0.6) is 11.5 Å². The molecule has 2 aromatic heterocycles.